The number of piperazine rings is 1. The zero-order chi connectivity index (χ0) is 19.7. The molecule has 0 bridgehead atoms. The lowest BCUT2D eigenvalue weighted by Crippen LogP contribution is -2.46. The molecule has 1 aliphatic rings. The lowest BCUT2D eigenvalue weighted by molar-refractivity contribution is 0.0527. The van der Waals surface area contributed by atoms with E-state index in [0.29, 0.717) is 6.54 Å². The third-order valence-electron chi connectivity index (χ3n) is 4.62. The van der Waals surface area contributed by atoms with Gasteiger partial charge in [-0.1, -0.05) is 18.6 Å². The SMILES string of the molecule is COc1ccccc1N1CCN(CCCCCNC(=O)OC(C)(C)C)CC1. The first kappa shape index (κ1) is 21.4. The summed E-state index contributed by atoms with van der Waals surface area (Å²) in [5.74, 6) is 0.948. The monoisotopic (exact) mass is 377 g/mol. The molecule has 1 heterocycles. The number of rotatable bonds is 8. The molecule has 1 N–H and O–H groups in total. The van der Waals surface area contributed by atoms with Crippen LogP contribution in [0.4, 0.5) is 10.5 Å². The first-order valence-electron chi connectivity index (χ1n) is 9.96. The second-order valence-corrected chi connectivity index (χ2v) is 7.99. The summed E-state index contributed by atoms with van der Waals surface area (Å²) >= 11 is 0. The predicted octanol–water partition coefficient (Wildman–Crippen LogP) is 3.51. The molecule has 0 aliphatic carbocycles. The number of amides is 1. The highest BCUT2D eigenvalue weighted by molar-refractivity contribution is 5.67. The quantitative estimate of drug-likeness (QED) is 0.703. The van der Waals surface area contributed by atoms with Crippen LogP contribution < -0.4 is 15.0 Å². The van der Waals surface area contributed by atoms with Gasteiger partial charge in [0.2, 0.25) is 0 Å². The van der Waals surface area contributed by atoms with Crippen LogP contribution in [-0.2, 0) is 4.74 Å². The van der Waals surface area contributed by atoms with E-state index < -0.39 is 5.60 Å². The summed E-state index contributed by atoms with van der Waals surface area (Å²) in [6.07, 6.45) is 2.93. The third-order valence-corrected chi connectivity index (χ3v) is 4.62. The predicted molar refractivity (Wildman–Crippen MR) is 110 cm³/mol. The summed E-state index contributed by atoms with van der Waals surface area (Å²) in [6.45, 7) is 11.6. The Hall–Kier alpha value is -1.95. The highest BCUT2D eigenvalue weighted by atomic mass is 16.6. The molecule has 2 rings (SSSR count). The van der Waals surface area contributed by atoms with Crippen LogP contribution in [0.5, 0.6) is 5.75 Å². The normalized spacial score (nSPS) is 15.5. The molecule has 0 radical (unpaired) electrons. The molecule has 1 aromatic carbocycles. The Kier molecular flexibility index (Phi) is 8.23. The van der Waals surface area contributed by atoms with Crippen molar-refractivity contribution in [1.29, 1.82) is 0 Å². The van der Waals surface area contributed by atoms with Crippen LogP contribution in [0.1, 0.15) is 40.0 Å². The Morgan fingerprint density at radius 2 is 1.78 bits per heavy atom. The molecular weight excluding hydrogens is 342 g/mol. The van der Waals surface area contributed by atoms with E-state index in [1.807, 2.05) is 32.9 Å². The van der Waals surface area contributed by atoms with Gasteiger partial charge < -0.3 is 19.7 Å². The molecule has 0 aromatic heterocycles. The molecule has 27 heavy (non-hydrogen) atoms. The van der Waals surface area contributed by atoms with E-state index in [0.717, 1.165) is 57.7 Å². The maximum absolute atomic E-state index is 11.6. The number of anilines is 1. The maximum atomic E-state index is 11.6. The molecule has 0 spiro atoms. The maximum Gasteiger partial charge on any atom is 0.407 e. The van der Waals surface area contributed by atoms with Crippen molar-refractivity contribution in [1.82, 2.24) is 10.2 Å². The standard InChI is InChI=1S/C21H35N3O3/c1-21(2,3)27-20(25)22-12-8-5-9-13-23-14-16-24(17-15-23)18-10-6-7-11-19(18)26-4/h6-7,10-11H,5,8-9,12-17H2,1-4H3,(H,22,25). The van der Waals surface area contributed by atoms with E-state index in [1.165, 1.54) is 5.69 Å². The van der Waals surface area contributed by atoms with Crippen molar-refractivity contribution in [2.75, 3.05) is 51.3 Å². The number of benzene rings is 1. The van der Waals surface area contributed by atoms with Gasteiger partial charge in [0.05, 0.1) is 12.8 Å². The minimum Gasteiger partial charge on any atom is -0.495 e. The molecule has 1 saturated heterocycles. The lowest BCUT2D eigenvalue weighted by atomic mass is 10.2. The van der Waals surface area contributed by atoms with E-state index in [-0.39, 0.29) is 6.09 Å². The van der Waals surface area contributed by atoms with E-state index in [9.17, 15) is 4.79 Å². The number of hydrogen-bond acceptors (Lipinski definition) is 5. The molecule has 1 aromatic rings. The van der Waals surface area contributed by atoms with Gasteiger partial charge in [0, 0.05) is 32.7 Å². The first-order valence-corrected chi connectivity index (χ1v) is 9.96. The Morgan fingerprint density at radius 3 is 2.44 bits per heavy atom. The Labute approximate surface area is 163 Å². The van der Waals surface area contributed by atoms with Gasteiger partial charge in [0.15, 0.2) is 0 Å². The first-order chi connectivity index (χ1) is 12.9. The third kappa shape index (κ3) is 7.67. The van der Waals surface area contributed by atoms with Gasteiger partial charge in [-0.05, 0) is 52.3 Å². The van der Waals surface area contributed by atoms with Gasteiger partial charge in [0.1, 0.15) is 11.4 Å². The number of methoxy groups -OCH3 is 1. The smallest absolute Gasteiger partial charge is 0.407 e. The topological polar surface area (TPSA) is 54.0 Å². The second kappa shape index (κ2) is 10.4. The van der Waals surface area contributed by atoms with Gasteiger partial charge in [-0.25, -0.2) is 4.79 Å². The Bertz CT molecular complexity index is 578. The van der Waals surface area contributed by atoms with Gasteiger partial charge >= 0.3 is 6.09 Å². The number of hydrogen-bond donors (Lipinski definition) is 1. The number of carbonyl (C=O) groups excluding carboxylic acids is 1. The second-order valence-electron chi connectivity index (χ2n) is 7.99. The zero-order valence-corrected chi connectivity index (χ0v) is 17.3. The van der Waals surface area contributed by atoms with E-state index >= 15 is 0 Å². The van der Waals surface area contributed by atoms with Crippen LogP contribution in [-0.4, -0.2) is 63.0 Å². The number of nitrogens with zero attached hydrogens (tertiary/aromatic N) is 2. The highest BCUT2D eigenvalue weighted by Gasteiger charge is 2.19. The van der Waals surface area contributed by atoms with Crippen LogP contribution in [0, 0.1) is 0 Å². The molecule has 1 fully saturated rings. The van der Waals surface area contributed by atoms with E-state index in [1.54, 1.807) is 7.11 Å². The summed E-state index contributed by atoms with van der Waals surface area (Å²) in [4.78, 5) is 16.5. The average molecular weight is 378 g/mol. The van der Waals surface area contributed by atoms with Crippen molar-refractivity contribution < 1.29 is 14.3 Å². The largest absolute Gasteiger partial charge is 0.495 e. The number of carbonyl (C=O) groups is 1. The van der Waals surface area contributed by atoms with Crippen molar-refractivity contribution in [3.05, 3.63) is 24.3 Å². The summed E-state index contributed by atoms with van der Waals surface area (Å²) in [5.41, 5.74) is 0.753. The molecule has 1 amide bonds. The lowest BCUT2D eigenvalue weighted by Gasteiger charge is -2.36. The van der Waals surface area contributed by atoms with Crippen molar-refractivity contribution in [3.63, 3.8) is 0 Å². The molecule has 0 unspecified atom stereocenters. The highest BCUT2D eigenvalue weighted by Crippen LogP contribution is 2.28. The summed E-state index contributed by atoms with van der Waals surface area (Å²) in [7, 11) is 1.73. The zero-order valence-electron chi connectivity index (χ0n) is 17.3. The van der Waals surface area contributed by atoms with E-state index in [2.05, 4.69) is 27.2 Å². The van der Waals surface area contributed by atoms with Crippen molar-refractivity contribution in [2.24, 2.45) is 0 Å². The minimum absolute atomic E-state index is 0.324. The molecule has 0 saturated carbocycles. The molecule has 6 heteroatoms. The number of para-hydroxylation sites is 2. The van der Waals surface area contributed by atoms with Crippen molar-refractivity contribution in [3.8, 4) is 5.75 Å². The summed E-state index contributed by atoms with van der Waals surface area (Å²) in [6, 6.07) is 8.23. The Balaban J connectivity index is 1.57. The number of unbranched alkanes of at least 4 members (excludes halogenated alkanes) is 2. The summed E-state index contributed by atoms with van der Waals surface area (Å²) < 4.78 is 10.7. The van der Waals surface area contributed by atoms with Gasteiger partial charge in [0.25, 0.3) is 0 Å². The van der Waals surface area contributed by atoms with Crippen LogP contribution in [0.2, 0.25) is 0 Å². The molecular formula is C21H35N3O3. The number of nitrogens with one attached hydrogen (secondary N) is 1. The fraction of sp³-hybridized carbons (Fsp3) is 0.667. The van der Waals surface area contributed by atoms with Crippen LogP contribution in [0.15, 0.2) is 24.3 Å². The van der Waals surface area contributed by atoms with Gasteiger partial charge in [-0.2, -0.15) is 0 Å². The van der Waals surface area contributed by atoms with E-state index in [4.69, 9.17) is 9.47 Å². The van der Waals surface area contributed by atoms with Crippen molar-refractivity contribution in [2.45, 2.75) is 45.6 Å². The Morgan fingerprint density at radius 1 is 1.07 bits per heavy atom. The fourth-order valence-electron chi connectivity index (χ4n) is 3.25. The average Bonchev–Trinajstić information content (AvgIpc) is 2.63. The fourth-order valence-corrected chi connectivity index (χ4v) is 3.25. The molecule has 6 nitrogen and oxygen atoms in total. The molecule has 0 atom stereocenters. The van der Waals surface area contributed by atoms with Gasteiger partial charge in [-0.3, -0.25) is 4.90 Å². The van der Waals surface area contributed by atoms with Gasteiger partial charge in [-0.15, -0.1) is 0 Å². The number of alkyl carbamates (subject to hydrolysis) is 1. The van der Waals surface area contributed by atoms with Crippen LogP contribution >= 0.6 is 0 Å². The van der Waals surface area contributed by atoms with Crippen molar-refractivity contribution >= 4 is 11.8 Å². The molecule has 1 aliphatic heterocycles. The van der Waals surface area contributed by atoms with Crippen LogP contribution in [0.3, 0.4) is 0 Å². The summed E-state index contributed by atoms with van der Waals surface area (Å²) in [5, 5.41) is 2.82. The minimum atomic E-state index is -0.435. The molecule has 152 valence electrons. The van der Waals surface area contributed by atoms with Crippen LogP contribution in [0.25, 0.3) is 0 Å². The number of ether oxygens (including phenoxy) is 2.